The first kappa shape index (κ1) is 16.8. The lowest BCUT2D eigenvalue weighted by Crippen LogP contribution is -2.70. The Kier molecular flexibility index (Phi) is 4.73. The maximum atomic E-state index is 11.7. The van der Waals surface area contributed by atoms with Crippen LogP contribution in [0.5, 0.6) is 0 Å². The number of benzene rings is 3. The van der Waals surface area contributed by atoms with Crippen molar-refractivity contribution in [1.29, 1.82) is 0 Å². The standard InChI is InChI=1S/C21H17NO2SSi/c23-21-22-20(16-25-21)24-26(17-10-4-1-5-11-17,18-12-6-2-7-13-18)19-14-8-3-9-15-19/h1-15H,16H2. The van der Waals surface area contributed by atoms with Crippen molar-refractivity contribution in [3.63, 3.8) is 0 Å². The molecule has 0 saturated carbocycles. The number of aliphatic imine (C=N–C) groups is 1. The van der Waals surface area contributed by atoms with E-state index < -0.39 is 8.32 Å². The number of carbonyl (C=O) groups excluding carboxylic acids is 1. The topological polar surface area (TPSA) is 38.7 Å². The van der Waals surface area contributed by atoms with Crippen molar-refractivity contribution >= 4 is 46.8 Å². The molecule has 0 atom stereocenters. The molecular weight excluding hydrogens is 358 g/mol. The van der Waals surface area contributed by atoms with Crippen LogP contribution >= 0.6 is 11.8 Å². The first-order chi connectivity index (χ1) is 12.8. The molecule has 5 heteroatoms. The zero-order chi connectivity index (χ0) is 17.8. The van der Waals surface area contributed by atoms with Crippen LogP contribution in [0.2, 0.25) is 0 Å². The van der Waals surface area contributed by atoms with Gasteiger partial charge in [0.1, 0.15) is 0 Å². The minimum atomic E-state index is -2.81. The summed E-state index contributed by atoms with van der Waals surface area (Å²) in [6, 6.07) is 30.8. The van der Waals surface area contributed by atoms with E-state index in [0.717, 1.165) is 15.6 Å². The zero-order valence-corrected chi connectivity index (χ0v) is 15.9. The average molecular weight is 376 g/mol. The number of carbonyl (C=O) groups is 1. The molecule has 3 nitrogen and oxygen atoms in total. The van der Waals surface area contributed by atoms with Gasteiger partial charge >= 0.3 is 13.6 Å². The molecule has 1 heterocycles. The number of rotatable bonds is 4. The quantitative estimate of drug-likeness (QED) is 0.520. The van der Waals surface area contributed by atoms with Crippen molar-refractivity contribution in [3.8, 4) is 0 Å². The van der Waals surface area contributed by atoms with Gasteiger partial charge in [-0.25, -0.2) is 0 Å². The summed E-state index contributed by atoms with van der Waals surface area (Å²) in [5.74, 6) is 1.00. The van der Waals surface area contributed by atoms with Crippen LogP contribution in [0.25, 0.3) is 0 Å². The van der Waals surface area contributed by atoms with Crippen molar-refractivity contribution < 1.29 is 9.22 Å². The summed E-state index contributed by atoms with van der Waals surface area (Å²) >= 11 is 1.19. The summed E-state index contributed by atoms with van der Waals surface area (Å²) in [4.78, 5) is 15.8. The molecule has 3 aromatic rings. The number of hydrogen-bond donors (Lipinski definition) is 0. The second kappa shape index (κ2) is 7.31. The molecule has 4 rings (SSSR count). The van der Waals surface area contributed by atoms with Gasteiger partial charge in [-0.3, -0.25) is 4.79 Å². The van der Waals surface area contributed by atoms with Crippen molar-refractivity contribution in [2.45, 2.75) is 0 Å². The number of nitrogens with zero attached hydrogens (tertiary/aromatic N) is 1. The maximum Gasteiger partial charge on any atom is 0.348 e. The first-order valence-electron chi connectivity index (χ1n) is 8.39. The summed E-state index contributed by atoms with van der Waals surface area (Å²) in [6.07, 6.45) is 0. The highest BCUT2D eigenvalue weighted by Gasteiger charge is 2.45. The Balaban J connectivity index is 1.97. The Morgan fingerprint density at radius 2 is 1.15 bits per heavy atom. The SMILES string of the molecule is O=C1N=C(O[Si](c2ccccc2)(c2ccccc2)c2ccccc2)CS1. The van der Waals surface area contributed by atoms with Gasteiger partial charge in [-0.2, -0.15) is 4.99 Å². The Bertz CT molecular complexity index is 833. The summed E-state index contributed by atoms with van der Waals surface area (Å²) in [6.45, 7) is 0. The van der Waals surface area contributed by atoms with Gasteiger partial charge in [-0.15, -0.1) is 0 Å². The number of thioether (sulfide) groups is 1. The van der Waals surface area contributed by atoms with E-state index in [1.54, 1.807) is 0 Å². The summed E-state index contributed by atoms with van der Waals surface area (Å²) in [7, 11) is -2.81. The Hall–Kier alpha value is -2.63. The Morgan fingerprint density at radius 1 is 0.731 bits per heavy atom. The van der Waals surface area contributed by atoms with Crippen molar-refractivity contribution in [2.75, 3.05) is 5.75 Å². The minimum Gasteiger partial charge on any atom is -0.519 e. The third-order valence-electron chi connectivity index (χ3n) is 4.35. The molecule has 0 N–H and O–H groups in total. The Morgan fingerprint density at radius 3 is 1.50 bits per heavy atom. The van der Waals surface area contributed by atoms with Crippen molar-refractivity contribution in [1.82, 2.24) is 0 Å². The monoisotopic (exact) mass is 375 g/mol. The third-order valence-corrected chi connectivity index (χ3v) is 9.06. The van der Waals surface area contributed by atoms with Gasteiger partial charge in [0.25, 0.3) is 0 Å². The van der Waals surface area contributed by atoms with Crippen LogP contribution < -0.4 is 15.6 Å². The van der Waals surface area contributed by atoms with Crippen LogP contribution in [-0.4, -0.2) is 25.2 Å². The van der Waals surface area contributed by atoms with Gasteiger partial charge in [0.05, 0.1) is 5.75 Å². The molecule has 1 aliphatic rings. The van der Waals surface area contributed by atoms with Crippen LogP contribution in [0, 0.1) is 0 Å². The van der Waals surface area contributed by atoms with E-state index in [9.17, 15) is 4.79 Å². The number of hydrogen-bond acceptors (Lipinski definition) is 3. The first-order valence-corrected chi connectivity index (χ1v) is 11.3. The predicted molar refractivity (Wildman–Crippen MR) is 110 cm³/mol. The van der Waals surface area contributed by atoms with Crippen LogP contribution in [0.3, 0.4) is 0 Å². The van der Waals surface area contributed by atoms with Crippen LogP contribution in [0.1, 0.15) is 0 Å². The molecule has 128 valence electrons. The highest BCUT2D eigenvalue weighted by molar-refractivity contribution is 8.14. The molecule has 0 bridgehead atoms. The minimum absolute atomic E-state index is 0.183. The fourth-order valence-corrected chi connectivity index (χ4v) is 7.67. The fourth-order valence-electron chi connectivity index (χ4n) is 3.21. The van der Waals surface area contributed by atoms with Gasteiger partial charge < -0.3 is 4.43 Å². The molecule has 1 amide bonds. The molecule has 0 aromatic heterocycles. The van der Waals surface area contributed by atoms with E-state index in [1.165, 1.54) is 11.8 Å². The number of amides is 1. The van der Waals surface area contributed by atoms with E-state index in [2.05, 4.69) is 41.4 Å². The average Bonchev–Trinajstić information content (AvgIpc) is 3.13. The van der Waals surface area contributed by atoms with Gasteiger partial charge in [-0.05, 0) is 15.6 Å². The molecule has 0 saturated heterocycles. The normalized spacial score (nSPS) is 14.2. The summed E-state index contributed by atoms with van der Waals surface area (Å²) in [5.41, 5.74) is 0. The molecule has 1 aliphatic heterocycles. The highest BCUT2D eigenvalue weighted by atomic mass is 32.2. The second-order valence-electron chi connectivity index (χ2n) is 5.94. The van der Waals surface area contributed by atoms with Gasteiger partial charge in [0, 0.05) is 0 Å². The smallest absolute Gasteiger partial charge is 0.348 e. The van der Waals surface area contributed by atoms with Gasteiger partial charge in [0.2, 0.25) is 0 Å². The lowest BCUT2D eigenvalue weighted by Gasteiger charge is -2.33. The van der Waals surface area contributed by atoms with E-state index in [1.807, 2.05) is 54.6 Å². The van der Waals surface area contributed by atoms with Crippen LogP contribution in [-0.2, 0) is 4.43 Å². The summed E-state index contributed by atoms with van der Waals surface area (Å²) < 4.78 is 6.67. The molecule has 0 radical (unpaired) electrons. The molecule has 26 heavy (non-hydrogen) atoms. The summed E-state index contributed by atoms with van der Waals surface area (Å²) in [5, 5.41) is 3.20. The zero-order valence-electron chi connectivity index (χ0n) is 14.0. The second-order valence-corrected chi connectivity index (χ2v) is 10.2. The van der Waals surface area contributed by atoms with E-state index in [4.69, 9.17) is 4.43 Å². The highest BCUT2D eigenvalue weighted by Crippen LogP contribution is 2.18. The van der Waals surface area contributed by atoms with E-state index >= 15 is 0 Å². The Labute approximate surface area is 157 Å². The lowest BCUT2D eigenvalue weighted by molar-refractivity contribution is 0.267. The molecule has 0 fully saturated rings. The third kappa shape index (κ3) is 3.11. The fraction of sp³-hybridized carbons (Fsp3) is 0.0476. The largest absolute Gasteiger partial charge is 0.519 e. The van der Waals surface area contributed by atoms with Crippen molar-refractivity contribution in [2.24, 2.45) is 4.99 Å². The molecular formula is C21H17NO2SSi. The van der Waals surface area contributed by atoms with Crippen LogP contribution in [0.4, 0.5) is 4.79 Å². The van der Waals surface area contributed by atoms with E-state index in [-0.39, 0.29) is 5.24 Å². The maximum absolute atomic E-state index is 11.7. The van der Waals surface area contributed by atoms with Gasteiger partial charge in [-0.1, -0.05) is 103 Å². The van der Waals surface area contributed by atoms with Gasteiger partial charge in [0.15, 0.2) is 5.90 Å². The van der Waals surface area contributed by atoms with Crippen LogP contribution in [0.15, 0.2) is 96.0 Å². The molecule has 0 unspecified atom stereocenters. The lowest BCUT2D eigenvalue weighted by atomic mass is 10.3. The molecule has 3 aromatic carbocycles. The van der Waals surface area contributed by atoms with E-state index in [0.29, 0.717) is 11.7 Å². The molecule has 0 spiro atoms. The van der Waals surface area contributed by atoms with Crippen molar-refractivity contribution in [3.05, 3.63) is 91.0 Å². The molecule has 0 aliphatic carbocycles. The predicted octanol–water partition coefficient (Wildman–Crippen LogP) is 2.94.